The second kappa shape index (κ2) is 8.80. The van der Waals surface area contributed by atoms with Gasteiger partial charge in [0.15, 0.2) is 5.78 Å². The lowest BCUT2D eigenvalue weighted by atomic mass is 10.1. The van der Waals surface area contributed by atoms with Crippen LogP contribution in [-0.4, -0.2) is 43.4 Å². The third-order valence-electron chi connectivity index (χ3n) is 4.64. The Morgan fingerprint density at radius 2 is 2.00 bits per heavy atom. The number of tetrazole rings is 1. The molecule has 0 radical (unpaired) electrons. The first-order valence-electron chi connectivity index (χ1n) is 9.25. The Hall–Kier alpha value is -3.64. The maximum Gasteiger partial charge on any atom is 0.214 e. The average molecular weight is 418 g/mol. The number of fused-ring (bicyclic) bond motifs is 1. The molecular weight excluding hydrogens is 400 g/mol. The molecule has 0 N–H and O–H groups in total. The van der Waals surface area contributed by atoms with Crippen molar-refractivity contribution in [3.05, 3.63) is 60.3 Å². The van der Waals surface area contributed by atoms with Crippen molar-refractivity contribution < 1.29 is 9.53 Å². The van der Waals surface area contributed by atoms with Crippen LogP contribution in [0.3, 0.4) is 0 Å². The van der Waals surface area contributed by atoms with E-state index in [0.717, 1.165) is 10.9 Å². The molecule has 150 valence electrons. The van der Waals surface area contributed by atoms with Gasteiger partial charge in [-0.1, -0.05) is 42.1 Å². The lowest BCUT2D eigenvalue weighted by Crippen LogP contribution is -2.05. The molecule has 0 aliphatic rings. The highest BCUT2D eigenvalue weighted by Crippen LogP contribution is 2.27. The van der Waals surface area contributed by atoms with Gasteiger partial charge in [-0.25, -0.2) is 0 Å². The van der Waals surface area contributed by atoms with E-state index in [2.05, 4.69) is 21.6 Å². The summed E-state index contributed by atoms with van der Waals surface area (Å²) in [6, 6.07) is 17.3. The topological polar surface area (TPSA) is 98.6 Å². The van der Waals surface area contributed by atoms with Crippen LogP contribution in [0.15, 0.2) is 59.9 Å². The molecule has 0 amide bonds. The highest BCUT2D eigenvalue weighted by atomic mass is 32.2. The quantitative estimate of drug-likeness (QED) is 0.319. The van der Waals surface area contributed by atoms with Gasteiger partial charge >= 0.3 is 0 Å². The van der Waals surface area contributed by atoms with Gasteiger partial charge in [0, 0.05) is 29.2 Å². The van der Waals surface area contributed by atoms with Crippen LogP contribution in [0.2, 0.25) is 0 Å². The molecule has 0 aliphatic carbocycles. The summed E-state index contributed by atoms with van der Waals surface area (Å²) < 4.78 is 8.90. The Morgan fingerprint density at radius 1 is 1.20 bits per heavy atom. The SMILES string of the molecule is COc1ccccc1-n1nnnc1SCC(=O)c1cn(CCC#N)c2ccccc12. The fraction of sp³-hybridized carbons (Fsp3) is 0.190. The second-order valence-corrected chi connectivity index (χ2v) is 7.36. The zero-order valence-corrected chi connectivity index (χ0v) is 17.0. The number of aromatic nitrogens is 5. The predicted molar refractivity (Wildman–Crippen MR) is 113 cm³/mol. The molecule has 2 aromatic carbocycles. The first kappa shape index (κ1) is 19.7. The van der Waals surface area contributed by atoms with E-state index in [0.29, 0.717) is 35.1 Å². The molecule has 2 aromatic heterocycles. The van der Waals surface area contributed by atoms with Gasteiger partial charge in [-0.3, -0.25) is 4.79 Å². The molecule has 30 heavy (non-hydrogen) atoms. The van der Waals surface area contributed by atoms with Crippen LogP contribution in [0.25, 0.3) is 16.6 Å². The van der Waals surface area contributed by atoms with E-state index < -0.39 is 0 Å². The molecule has 4 rings (SSSR count). The smallest absolute Gasteiger partial charge is 0.214 e. The van der Waals surface area contributed by atoms with Crippen LogP contribution in [0.1, 0.15) is 16.8 Å². The zero-order chi connectivity index (χ0) is 20.9. The number of carbonyl (C=O) groups excluding carboxylic acids is 1. The van der Waals surface area contributed by atoms with Crippen molar-refractivity contribution in [2.24, 2.45) is 0 Å². The Labute approximate surface area is 177 Å². The molecule has 4 aromatic rings. The summed E-state index contributed by atoms with van der Waals surface area (Å²) >= 11 is 1.27. The number of para-hydroxylation sites is 3. The highest BCUT2D eigenvalue weighted by Gasteiger charge is 2.18. The van der Waals surface area contributed by atoms with Crippen molar-refractivity contribution in [2.45, 2.75) is 18.1 Å². The minimum absolute atomic E-state index is 0.0264. The van der Waals surface area contributed by atoms with E-state index in [1.807, 2.05) is 59.3 Å². The number of thioether (sulfide) groups is 1. The maximum atomic E-state index is 13.0. The minimum atomic E-state index is -0.0264. The molecule has 0 fully saturated rings. The third-order valence-corrected chi connectivity index (χ3v) is 5.56. The number of hydrogen-bond acceptors (Lipinski definition) is 7. The van der Waals surface area contributed by atoms with Crippen molar-refractivity contribution in [3.63, 3.8) is 0 Å². The predicted octanol–water partition coefficient (Wildman–Crippen LogP) is 3.51. The minimum Gasteiger partial charge on any atom is -0.494 e. The van der Waals surface area contributed by atoms with Crippen LogP contribution in [0, 0.1) is 11.3 Å². The molecule has 0 atom stereocenters. The molecule has 0 aliphatic heterocycles. The van der Waals surface area contributed by atoms with Crippen molar-refractivity contribution in [1.82, 2.24) is 24.8 Å². The van der Waals surface area contributed by atoms with Crippen molar-refractivity contribution in [2.75, 3.05) is 12.9 Å². The second-order valence-electron chi connectivity index (χ2n) is 6.42. The number of ketones is 1. The Kier molecular flexibility index (Phi) is 5.77. The number of carbonyl (C=O) groups is 1. The van der Waals surface area contributed by atoms with Crippen molar-refractivity contribution in [3.8, 4) is 17.5 Å². The van der Waals surface area contributed by atoms with E-state index >= 15 is 0 Å². The van der Waals surface area contributed by atoms with Crippen LogP contribution >= 0.6 is 11.8 Å². The van der Waals surface area contributed by atoms with Crippen LogP contribution in [0.5, 0.6) is 5.75 Å². The van der Waals surface area contributed by atoms with Crippen molar-refractivity contribution >= 4 is 28.4 Å². The number of ether oxygens (including phenoxy) is 1. The number of hydrogen-bond donors (Lipinski definition) is 0. The summed E-state index contributed by atoms with van der Waals surface area (Å²) in [6.07, 6.45) is 2.21. The molecule has 0 saturated carbocycles. The summed E-state index contributed by atoms with van der Waals surface area (Å²) in [5, 5.41) is 22.1. The van der Waals surface area contributed by atoms with E-state index in [-0.39, 0.29) is 11.5 Å². The Bertz CT molecular complexity index is 1240. The largest absolute Gasteiger partial charge is 0.494 e. The molecular formula is C21H18N6O2S. The molecule has 8 nitrogen and oxygen atoms in total. The maximum absolute atomic E-state index is 13.0. The Morgan fingerprint density at radius 3 is 2.83 bits per heavy atom. The molecule has 2 heterocycles. The fourth-order valence-electron chi connectivity index (χ4n) is 3.26. The summed E-state index contributed by atoms with van der Waals surface area (Å²) in [6.45, 7) is 0.545. The van der Waals surface area contributed by atoms with Gasteiger partial charge in [0.2, 0.25) is 5.16 Å². The standard InChI is InChI=1S/C21H18N6O2S/c1-29-20-10-5-4-9-18(20)27-21(23-24-25-27)30-14-19(28)16-13-26(12-6-11-22)17-8-3-2-7-15(16)17/h2-5,7-10,13H,6,12,14H2,1H3. The number of nitrogens with zero attached hydrogens (tertiary/aromatic N) is 6. The van der Waals surface area contributed by atoms with Gasteiger partial charge in [0.05, 0.1) is 25.4 Å². The normalized spacial score (nSPS) is 10.8. The number of methoxy groups -OCH3 is 1. The fourth-order valence-corrected chi connectivity index (χ4v) is 4.02. The third kappa shape index (κ3) is 3.77. The van der Waals surface area contributed by atoms with Crippen LogP contribution in [-0.2, 0) is 6.54 Å². The zero-order valence-electron chi connectivity index (χ0n) is 16.2. The van der Waals surface area contributed by atoms with Gasteiger partial charge in [-0.05, 0) is 28.6 Å². The Balaban J connectivity index is 1.57. The van der Waals surface area contributed by atoms with E-state index in [1.54, 1.807) is 11.8 Å². The van der Waals surface area contributed by atoms with Crippen LogP contribution < -0.4 is 4.74 Å². The van der Waals surface area contributed by atoms with Gasteiger partial charge in [0.25, 0.3) is 0 Å². The van der Waals surface area contributed by atoms with Gasteiger partial charge in [-0.15, -0.1) is 5.10 Å². The van der Waals surface area contributed by atoms with Gasteiger partial charge in [-0.2, -0.15) is 9.94 Å². The summed E-state index contributed by atoms with van der Waals surface area (Å²) in [5.74, 6) is 0.793. The van der Waals surface area contributed by atoms with Crippen LogP contribution in [0.4, 0.5) is 0 Å². The van der Waals surface area contributed by atoms with Crippen molar-refractivity contribution in [1.29, 1.82) is 5.26 Å². The lowest BCUT2D eigenvalue weighted by molar-refractivity contribution is 0.102. The van der Waals surface area contributed by atoms with Gasteiger partial charge < -0.3 is 9.30 Å². The van der Waals surface area contributed by atoms with E-state index in [4.69, 9.17) is 10.00 Å². The summed E-state index contributed by atoms with van der Waals surface area (Å²) in [5.41, 5.74) is 2.28. The average Bonchev–Trinajstić information content (AvgIpc) is 3.41. The number of Topliss-reactive ketones (excluding diaryl/α,β-unsaturated/α-hetero) is 1. The van der Waals surface area contributed by atoms with E-state index in [1.165, 1.54) is 11.8 Å². The number of rotatable bonds is 8. The molecule has 9 heteroatoms. The van der Waals surface area contributed by atoms with E-state index in [9.17, 15) is 4.79 Å². The number of benzene rings is 2. The lowest BCUT2D eigenvalue weighted by Gasteiger charge is -2.08. The number of nitriles is 1. The van der Waals surface area contributed by atoms with Gasteiger partial charge in [0.1, 0.15) is 11.4 Å². The molecule has 0 unspecified atom stereocenters. The molecule has 0 bridgehead atoms. The highest BCUT2D eigenvalue weighted by molar-refractivity contribution is 7.99. The molecule has 0 saturated heterocycles. The first-order valence-corrected chi connectivity index (χ1v) is 10.2. The molecule has 0 spiro atoms. The number of aryl methyl sites for hydroxylation is 1. The first-order chi connectivity index (χ1) is 14.7. The summed E-state index contributed by atoms with van der Waals surface area (Å²) in [7, 11) is 1.58. The summed E-state index contributed by atoms with van der Waals surface area (Å²) in [4.78, 5) is 13.0. The monoisotopic (exact) mass is 418 g/mol.